The van der Waals surface area contributed by atoms with E-state index in [1.165, 1.54) is 0 Å². The lowest BCUT2D eigenvalue weighted by atomic mass is 10.1. The van der Waals surface area contributed by atoms with E-state index in [0.29, 0.717) is 11.9 Å². The molecule has 1 aromatic heterocycles. The Labute approximate surface area is 103 Å². The first-order valence-electron chi connectivity index (χ1n) is 6.03. The Morgan fingerprint density at radius 3 is 2.88 bits per heavy atom. The number of hydrogen-bond acceptors (Lipinski definition) is 5. The Hall–Kier alpha value is -1.20. The van der Waals surface area contributed by atoms with Gasteiger partial charge in [-0.15, -0.1) is 0 Å². The van der Waals surface area contributed by atoms with Crippen LogP contribution < -0.4 is 5.73 Å². The van der Waals surface area contributed by atoms with Crippen molar-refractivity contribution in [2.75, 3.05) is 39.5 Å². The molecule has 1 fully saturated rings. The summed E-state index contributed by atoms with van der Waals surface area (Å²) in [7, 11) is 4.32. The Bertz CT molecular complexity index is 392. The van der Waals surface area contributed by atoms with Gasteiger partial charge in [0.25, 0.3) is 0 Å². The van der Waals surface area contributed by atoms with Gasteiger partial charge >= 0.3 is 0 Å². The number of piperazine rings is 1. The first kappa shape index (κ1) is 12.3. The van der Waals surface area contributed by atoms with Crippen molar-refractivity contribution in [3.8, 4) is 0 Å². The van der Waals surface area contributed by atoms with Crippen molar-refractivity contribution >= 4 is 5.82 Å². The number of aromatic nitrogens is 2. The molecule has 0 aliphatic carbocycles. The second-order valence-electron chi connectivity index (χ2n) is 4.96. The molecule has 0 saturated carbocycles. The second-order valence-corrected chi connectivity index (χ2v) is 4.96. The van der Waals surface area contributed by atoms with E-state index in [-0.39, 0.29) is 0 Å². The van der Waals surface area contributed by atoms with Gasteiger partial charge in [0, 0.05) is 43.9 Å². The summed E-state index contributed by atoms with van der Waals surface area (Å²) >= 11 is 0. The van der Waals surface area contributed by atoms with Crippen LogP contribution in [0.3, 0.4) is 0 Å². The van der Waals surface area contributed by atoms with Crippen molar-refractivity contribution in [1.29, 1.82) is 0 Å². The van der Waals surface area contributed by atoms with Gasteiger partial charge in [0.1, 0.15) is 11.6 Å². The van der Waals surface area contributed by atoms with Crippen LogP contribution in [0.4, 0.5) is 5.82 Å². The molecule has 1 saturated heterocycles. The van der Waals surface area contributed by atoms with E-state index in [2.05, 4.69) is 33.9 Å². The maximum absolute atomic E-state index is 5.81. The van der Waals surface area contributed by atoms with Crippen LogP contribution in [0.25, 0.3) is 0 Å². The maximum Gasteiger partial charge on any atom is 0.132 e. The number of anilines is 1. The Balaban J connectivity index is 2.06. The lowest BCUT2D eigenvalue weighted by Gasteiger charge is -2.37. The lowest BCUT2D eigenvalue weighted by Crippen LogP contribution is -2.50. The number of rotatable bonds is 2. The molecule has 0 radical (unpaired) electrons. The molecule has 2 rings (SSSR count). The molecule has 1 aliphatic rings. The number of nitrogen functional groups attached to an aromatic ring is 1. The van der Waals surface area contributed by atoms with Crippen molar-refractivity contribution in [1.82, 2.24) is 19.8 Å². The van der Waals surface area contributed by atoms with E-state index in [4.69, 9.17) is 5.73 Å². The molecule has 5 nitrogen and oxygen atoms in total. The van der Waals surface area contributed by atoms with Gasteiger partial charge < -0.3 is 15.5 Å². The second kappa shape index (κ2) is 4.98. The van der Waals surface area contributed by atoms with Crippen molar-refractivity contribution in [2.45, 2.75) is 19.4 Å². The van der Waals surface area contributed by atoms with Crippen molar-refractivity contribution in [3.63, 3.8) is 0 Å². The molecule has 17 heavy (non-hydrogen) atoms. The van der Waals surface area contributed by atoms with Gasteiger partial charge in [0.05, 0.1) is 0 Å². The molecular formula is C12H21N5. The molecule has 5 heteroatoms. The van der Waals surface area contributed by atoms with Gasteiger partial charge in [-0.3, -0.25) is 0 Å². The molecule has 2 N–H and O–H groups in total. The summed E-state index contributed by atoms with van der Waals surface area (Å²) in [6, 6.07) is 0.482. The molecule has 1 aliphatic heterocycles. The monoisotopic (exact) mass is 235 g/mol. The molecule has 1 unspecified atom stereocenters. The highest BCUT2D eigenvalue weighted by atomic mass is 15.3. The van der Waals surface area contributed by atoms with Crippen LogP contribution in [0, 0.1) is 6.92 Å². The molecule has 94 valence electrons. The SMILES string of the molecule is Cc1cnc(CC2CN(C)CCN2C)nc1N. The highest BCUT2D eigenvalue weighted by molar-refractivity contribution is 5.36. The predicted octanol–water partition coefficient (Wildman–Crippen LogP) is 0.156. The van der Waals surface area contributed by atoms with Gasteiger partial charge in [0.15, 0.2) is 0 Å². The third-order valence-electron chi connectivity index (χ3n) is 3.46. The van der Waals surface area contributed by atoms with Crippen LogP contribution in [0.1, 0.15) is 11.4 Å². The molecule has 0 bridgehead atoms. The highest BCUT2D eigenvalue weighted by Gasteiger charge is 2.23. The van der Waals surface area contributed by atoms with Gasteiger partial charge in [-0.1, -0.05) is 0 Å². The third-order valence-corrected chi connectivity index (χ3v) is 3.46. The van der Waals surface area contributed by atoms with E-state index < -0.39 is 0 Å². The minimum Gasteiger partial charge on any atom is -0.383 e. The van der Waals surface area contributed by atoms with Crippen LogP contribution in [0.15, 0.2) is 6.20 Å². The molecule has 1 aromatic rings. The Kier molecular flexibility index (Phi) is 3.59. The topological polar surface area (TPSA) is 58.3 Å². The molecular weight excluding hydrogens is 214 g/mol. The van der Waals surface area contributed by atoms with Gasteiger partial charge in [-0.2, -0.15) is 0 Å². The predicted molar refractivity (Wildman–Crippen MR) is 68.8 cm³/mol. The zero-order valence-electron chi connectivity index (χ0n) is 10.8. The average Bonchev–Trinajstić information content (AvgIpc) is 2.29. The van der Waals surface area contributed by atoms with Crippen LogP contribution in [0.5, 0.6) is 0 Å². The first-order chi connectivity index (χ1) is 8.06. The van der Waals surface area contributed by atoms with Gasteiger partial charge in [0.2, 0.25) is 0 Å². The lowest BCUT2D eigenvalue weighted by molar-refractivity contribution is 0.113. The Morgan fingerprint density at radius 2 is 2.18 bits per heavy atom. The van der Waals surface area contributed by atoms with E-state index in [0.717, 1.165) is 37.4 Å². The summed E-state index contributed by atoms with van der Waals surface area (Å²) in [5, 5.41) is 0. The van der Waals surface area contributed by atoms with Crippen LogP contribution in [-0.2, 0) is 6.42 Å². The fraction of sp³-hybridized carbons (Fsp3) is 0.667. The van der Waals surface area contributed by atoms with Crippen LogP contribution >= 0.6 is 0 Å². The zero-order chi connectivity index (χ0) is 12.4. The van der Waals surface area contributed by atoms with E-state index in [1.807, 2.05) is 13.1 Å². The van der Waals surface area contributed by atoms with Gasteiger partial charge in [-0.05, 0) is 21.0 Å². The zero-order valence-corrected chi connectivity index (χ0v) is 10.8. The Morgan fingerprint density at radius 1 is 1.41 bits per heavy atom. The molecule has 0 spiro atoms. The number of hydrogen-bond donors (Lipinski definition) is 1. The molecule has 2 heterocycles. The summed E-state index contributed by atoms with van der Waals surface area (Å²) < 4.78 is 0. The van der Waals surface area contributed by atoms with Crippen molar-refractivity contribution < 1.29 is 0 Å². The summed E-state index contributed by atoms with van der Waals surface area (Å²) in [4.78, 5) is 13.4. The molecule has 1 atom stereocenters. The number of likely N-dealkylation sites (N-methyl/N-ethyl adjacent to an activating group) is 2. The van der Waals surface area contributed by atoms with Gasteiger partial charge in [-0.25, -0.2) is 9.97 Å². The van der Waals surface area contributed by atoms with Crippen LogP contribution in [0.2, 0.25) is 0 Å². The smallest absolute Gasteiger partial charge is 0.132 e. The van der Waals surface area contributed by atoms with E-state index in [9.17, 15) is 0 Å². The summed E-state index contributed by atoms with van der Waals surface area (Å²) in [5.41, 5.74) is 6.76. The van der Waals surface area contributed by atoms with Crippen molar-refractivity contribution in [3.05, 3.63) is 17.6 Å². The molecule has 0 aromatic carbocycles. The third kappa shape index (κ3) is 2.92. The normalized spacial score (nSPS) is 22.9. The first-order valence-corrected chi connectivity index (χ1v) is 6.03. The summed E-state index contributed by atoms with van der Waals surface area (Å²) in [5.74, 6) is 1.45. The quantitative estimate of drug-likeness (QED) is 0.791. The molecule has 0 amide bonds. The largest absolute Gasteiger partial charge is 0.383 e. The maximum atomic E-state index is 5.81. The van der Waals surface area contributed by atoms with Crippen LogP contribution in [-0.4, -0.2) is 59.5 Å². The average molecular weight is 235 g/mol. The minimum absolute atomic E-state index is 0.482. The number of nitrogens with zero attached hydrogens (tertiary/aromatic N) is 4. The van der Waals surface area contributed by atoms with Crippen molar-refractivity contribution in [2.24, 2.45) is 0 Å². The van der Waals surface area contributed by atoms with E-state index >= 15 is 0 Å². The summed E-state index contributed by atoms with van der Waals surface area (Å²) in [6.07, 6.45) is 2.68. The minimum atomic E-state index is 0.482. The number of nitrogens with two attached hydrogens (primary N) is 1. The summed E-state index contributed by atoms with van der Waals surface area (Å²) in [6.45, 7) is 5.22. The fourth-order valence-electron chi connectivity index (χ4n) is 2.12. The fourth-order valence-corrected chi connectivity index (χ4v) is 2.12. The number of aryl methyl sites for hydroxylation is 1. The van der Waals surface area contributed by atoms with E-state index in [1.54, 1.807) is 0 Å². The highest BCUT2D eigenvalue weighted by Crippen LogP contribution is 2.12. The standard InChI is InChI=1S/C12H21N5/c1-9-7-14-11(15-12(9)13)6-10-8-16(2)4-5-17(10)3/h7,10H,4-6,8H2,1-3H3,(H2,13,14,15).